The van der Waals surface area contributed by atoms with Crippen molar-refractivity contribution in [2.45, 2.75) is 32.4 Å². The Morgan fingerprint density at radius 1 is 1.03 bits per heavy atom. The Morgan fingerprint density at radius 2 is 1.88 bits per heavy atom. The van der Waals surface area contributed by atoms with Crippen molar-refractivity contribution in [3.05, 3.63) is 94.0 Å². The molecule has 1 saturated carbocycles. The first-order chi connectivity index (χ1) is 16.2. The van der Waals surface area contributed by atoms with Gasteiger partial charge in [-0.25, -0.2) is 0 Å². The minimum Gasteiger partial charge on any atom is -0.489 e. The maximum absolute atomic E-state index is 12.9. The molecule has 0 bridgehead atoms. The molecule has 2 aliphatic rings. The Balaban J connectivity index is 1.26. The highest BCUT2D eigenvalue weighted by molar-refractivity contribution is 5.87. The lowest BCUT2D eigenvalue weighted by Gasteiger charge is -2.27. The molecular formula is C28H29N3O2. The monoisotopic (exact) mass is 439 g/mol. The average Bonchev–Trinajstić information content (AvgIpc) is 3.62. The molecule has 0 saturated heterocycles. The van der Waals surface area contributed by atoms with Gasteiger partial charge in [-0.15, -0.1) is 0 Å². The van der Waals surface area contributed by atoms with E-state index in [0.717, 1.165) is 36.7 Å². The molecule has 2 aromatic heterocycles. The number of aromatic nitrogens is 2. The van der Waals surface area contributed by atoms with Gasteiger partial charge >= 0.3 is 0 Å². The lowest BCUT2D eigenvalue weighted by atomic mass is 10.0. The van der Waals surface area contributed by atoms with Crippen molar-refractivity contribution in [3.63, 3.8) is 0 Å². The van der Waals surface area contributed by atoms with E-state index in [2.05, 4.69) is 34.7 Å². The van der Waals surface area contributed by atoms with E-state index in [1.807, 2.05) is 42.6 Å². The van der Waals surface area contributed by atoms with Gasteiger partial charge in [0.1, 0.15) is 12.4 Å². The maximum atomic E-state index is 12.9. The summed E-state index contributed by atoms with van der Waals surface area (Å²) < 4.78 is 9.85. The number of ether oxygens (including phenoxy) is 1. The largest absolute Gasteiger partial charge is 0.489 e. The van der Waals surface area contributed by atoms with Gasteiger partial charge in [0.05, 0.1) is 11.2 Å². The van der Waals surface area contributed by atoms with Crippen LogP contribution in [0.25, 0.3) is 16.6 Å². The van der Waals surface area contributed by atoms with Crippen LogP contribution in [0.3, 0.4) is 0 Å². The van der Waals surface area contributed by atoms with Crippen LogP contribution in [0.15, 0.2) is 71.7 Å². The zero-order valence-corrected chi connectivity index (χ0v) is 19.0. The summed E-state index contributed by atoms with van der Waals surface area (Å²) in [5.74, 6) is 1.51. The fraction of sp³-hybridized carbons (Fsp3) is 0.321. The number of pyridine rings is 1. The molecule has 0 atom stereocenters. The topological polar surface area (TPSA) is 39.4 Å². The number of aryl methyl sites for hydroxylation is 1. The van der Waals surface area contributed by atoms with Gasteiger partial charge in [0, 0.05) is 56.4 Å². The van der Waals surface area contributed by atoms with Crippen LogP contribution in [0.1, 0.15) is 29.7 Å². The summed E-state index contributed by atoms with van der Waals surface area (Å²) in [5, 5.41) is 1.31. The molecule has 5 heteroatoms. The minimum atomic E-state index is -0.0884. The van der Waals surface area contributed by atoms with Gasteiger partial charge in [0.15, 0.2) is 0 Å². The second-order valence-corrected chi connectivity index (χ2v) is 9.46. The SMILES string of the molecule is Cn1c2c(c3ccc(-n4ccc(OCc5ccccc5)cc4=O)cc31)CN(CC1CC1)CC2. The number of hydrogen-bond acceptors (Lipinski definition) is 3. The van der Waals surface area contributed by atoms with E-state index in [0.29, 0.717) is 12.4 Å². The zero-order valence-electron chi connectivity index (χ0n) is 19.0. The molecule has 1 aliphatic carbocycles. The van der Waals surface area contributed by atoms with E-state index >= 15 is 0 Å². The van der Waals surface area contributed by atoms with E-state index in [1.54, 1.807) is 10.6 Å². The summed E-state index contributed by atoms with van der Waals surface area (Å²) in [6, 6.07) is 19.8. The van der Waals surface area contributed by atoms with Crippen molar-refractivity contribution < 1.29 is 4.74 Å². The highest BCUT2D eigenvalue weighted by Gasteiger charge is 2.28. The molecule has 1 fully saturated rings. The number of nitrogens with zero attached hydrogens (tertiary/aromatic N) is 3. The molecule has 0 spiro atoms. The van der Waals surface area contributed by atoms with Crippen LogP contribution in [-0.2, 0) is 26.6 Å². The molecule has 2 aromatic carbocycles. The molecule has 4 aromatic rings. The number of benzene rings is 2. The predicted octanol–water partition coefficient (Wildman–Crippen LogP) is 4.68. The number of hydrogen-bond donors (Lipinski definition) is 0. The predicted molar refractivity (Wildman–Crippen MR) is 131 cm³/mol. The fourth-order valence-corrected chi connectivity index (χ4v) is 5.09. The second-order valence-electron chi connectivity index (χ2n) is 9.46. The van der Waals surface area contributed by atoms with Crippen molar-refractivity contribution in [2.24, 2.45) is 13.0 Å². The van der Waals surface area contributed by atoms with E-state index in [-0.39, 0.29) is 5.56 Å². The smallest absolute Gasteiger partial charge is 0.258 e. The molecule has 1 aliphatic heterocycles. The lowest BCUT2D eigenvalue weighted by molar-refractivity contribution is 0.242. The van der Waals surface area contributed by atoms with Gasteiger partial charge in [0.25, 0.3) is 5.56 Å². The second kappa shape index (κ2) is 8.23. The molecule has 168 valence electrons. The summed E-state index contributed by atoms with van der Waals surface area (Å²) in [7, 11) is 2.16. The molecule has 3 heterocycles. The third-order valence-corrected chi connectivity index (χ3v) is 7.10. The standard InChI is InChI=1S/C28H29N3O2/c1-29-26-12-13-30(17-20-7-8-20)18-25(26)24-10-9-22(15-27(24)29)31-14-11-23(16-28(31)32)33-19-21-5-3-2-4-6-21/h2-6,9-11,14-16,20H,7-8,12-13,17-19H2,1H3. The summed E-state index contributed by atoms with van der Waals surface area (Å²) in [4.78, 5) is 15.5. The molecule has 33 heavy (non-hydrogen) atoms. The van der Waals surface area contributed by atoms with Gasteiger partial charge in [0.2, 0.25) is 0 Å². The zero-order chi connectivity index (χ0) is 22.4. The van der Waals surface area contributed by atoms with Gasteiger partial charge in [-0.3, -0.25) is 14.3 Å². The quantitative estimate of drug-likeness (QED) is 0.438. The molecule has 6 rings (SSSR count). The third kappa shape index (κ3) is 3.98. The third-order valence-electron chi connectivity index (χ3n) is 7.10. The molecule has 0 unspecified atom stereocenters. The van der Waals surface area contributed by atoms with Crippen molar-refractivity contribution >= 4 is 10.9 Å². The highest BCUT2D eigenvalue weighted by atomic mass is 16.5. The van der Waals surface area contributed by atoms with Gasteiger partial charge in [-0.1, -0.05) is 36.4 Å². The number of rotatable bonds is 6. The van der Waals surface area contributed by atoms with Crippen molar-refractivity contribution in [1.82, 2.24) is 14.0 Å². The van der Waals surface area contributed by atoms with Crippen LogP contribution in [0.5, 0.6) is 5.75 Å². The Hall–Kier alpha value is -3.31. The first-order valence-electron chi connectivity index (χ1n) is 11.9. The Bertz CT molecular complexity index is 1370. The molecular weight excluding hydrogens is 410 g/mol. The summed E-state index contributed by atoms with van der Waals surface area (Å²) in [6.45, 7) is 3.87. The minimum absolute atomic E-state index is 0.0884. The Kier molecular flexibility index (Phi) is 5.07. The van der Waals surface area contributed by atoms with Gasteiger partial charge in [-0.05, 0) is 48.1 Å². The van der Waals surface area contributed by atoms with E-state index in [9.17, 15) is 4.79 Å². The maximum Gasteiger partial charge on any atom is 0.258 e. The molecule has 0 radical (unpaired) electrons. The first-order valence-corrected chi connectivity index (χ1v) is 11.9. The van der Waals surface area contributed by atoms with Crippen molar-refractivity contribution in [2.75, 3.05) is 13.1 Å². The Morgan fingerprint density at radius 3 is 2.67 bits per heavy atom. The van der Waals surface area contributed by atoms with E-state index in [4.69, 9.17) is 4.74 Å². The van der Waals surface area contributed by atoms with Crippen LogP contribution in [0, 0.1) is 5.92 Å². The lowest BCUT2D eigenvalue weighted by Crippen LogP contribution is -2.32. The molecule has 0 amide bonds. The first kappa shape index (κ1) is 20.3. The number of fused-ring (bicyclic) bond motifs is 3. The van der Waals surface area contributed by atoms with E-state index < -0.39 is 0 Å². The molecule has 5 nitrogen and oxygen atoms in total. The van der Waals surface area contributed by atoms with Crippen LogP contribution in [0.4, 0.5) is 0 Å². The van der Waals surface area contributed by atoms with Crippen LogP contribution in [-0.4, -0.2) is 27.1 Å². The average molecular weight is 440 g/mol. The van der Waals surface area contributed by atoms with E-state index in [1.165, 1.54) is 41.5 Å². The van der Waals surface area contributed by atoms with Crippen molar-refractivity contribution in [3.8, 4) is 11.4 Å². The van der Waals surface area contributed by atoms with Crippen LogP contribution >= 0.6 is 0 Å². The summed E-state index contributed by atoms with van der Waals surface area (Å²) in [5.41, 5.74) is 5.97. The summed E-state index contributed by atoms with van der Waals surface area (Å²) in [6.07, 6.45) is 5.69. The van der Waals surface area contributed by atoms with Crippen LogP contribution < -0.4 is 10.3 Å². The van der Waals surface area contributed by atoms with Gasteiger partial charge < -0.3 is 9.30 Å². The van der Waals surface area contributed by atoms with Crippen molar-refractivity contribution in [1.29, 1.82) is 0 Å². The summed E-state index contributed by atoms with van der Waals surface area (Å²) >= 11 is 0. The van der Waals surface area contributed by atoms with Gasteiger partial charge in [-0.2, -0.15) is 0 Å². The highest BCUT2D eigenvalue weighted by Crippen LogP contribution is 2.35. The van der Waals surface area contributed by atoms with Crippen LogP contribution in [0.2, 0.25) is 0 Å². The normalized spacial score (nSPS) is 16.2. The Labute approximate surface area is 193 Å². The fourth-order valence-electron chi connectivity index (χ4n) is 5.09. The molecule has 0 N–H and O–H groups in total.